The van der Waals surface area contributed by atoms with Crippen molar-refractivity contribution in [3.8, 4) is 11.4 Å². The predicted octanol–water partition coefficient (Wildman–Crippen LogP) is 3.26. The van der Waals surface area contributed by atoms with E-state index in [1.54, 1.807) is 18.5 Å². The molecule has 0 atom stereocenters. The fourth-order valence-electron chi connectivity index (χ4n) is 1.56. The number of hydrogen-bond acceptors (Lipinski definition) is 2. The zero-order valence-electron chi connectivity index (χ0n) is 8.82. The molecule has 0 aliphatic heterocycles. The van der Waals surface area contributed by atoms with Crippen LogP contribution >= 0.6 is 15.9 Å². The number of benzene rings is 1. The maximum Gasteiger partial charge on any atom is 0.167 e. The highest BCUT2D eigenvalue weighted by molar-refractivity contribution is 9.10. The lowest BCUT2D eigenvalue weighted by Gasteiger charge is -2.07. The van der Waals surface area contributed by atoms with Crippen LogP contribution in [0.4, 0.5) is 4.39 Å². The molecule has 2 aromatic rings. The monoisotopic (exact) mass is 283 g/mol. The molecule has 0 fully saturated rings. The van der Waals surface area contributed by atoms with Gasteiger partial charge in [0, 0.05) is 11.0 Å². The van der Waals surface area contributed by atoms with Gasteiger partial charge in [-0.1, -0.05) is 13.0 Å². The Morgan fingerprint density at radius 3 is 2.94 bits per heavy atom. The maximum absolute atomic E-state index is 13.7. The van der Waals surface area contributed by atoms with E-state index in [4.69, 9.17) is 0 Å². The molecule has 0 unspecified atom stereocenters. The summed E-state index contributed by atoms with van der Waals surface area (Å²) in [6.45, 7) is 2.84. The van der Waals surface area contributed by atoms with Crippen LogP contribution in [-0.2, 0) is 6.54 Å². The number of halogens is 2. The zero-order chi connectivity index (χ0) is 11.5. The van der Waals surface area contributed by atoms with E-state index in [0.717, 1.165) is 13.0 Å². The third kappa shape index (κ3) is 2.00. The summed E-state index contributed by atoms with van der Waals surface area (Å²) in [7, 11) is 0. The Hall–Kier alpha value is -1.23. The number of aryl methyl sites for hydroxylation is 1. The second-order valence-corrected chi connectivity index (χ2v) is 4.30. The largest absolute Gasteiger partial charge is 0.314 e. The lowest BCUT2D eigenvalue weighted by molar-refractivity contribution is 0.623. The van der Waals surface area contributed by atoms with Gasteiger partial charge in [-0.05, 0) is 34.5 Å². The van der Waals surface area contributed by atoms with Crippen LogP contribution < -0.4 is 0 Å². The summed E-state index contributed by atoms with van der Waals surface area (Å²) in [5.74, 6) is 0.270. The molecule has 5 heteroatoms. The van der Waals surface area contributed by atoms with E-state index in [1.807, 2.05) is 4.57 Å². The van der Waals surface area contributed by atoms with Crippen molar-refractivity contribution < 1.29 is 4.39 Å². The summed E-state index contributed by atoms with van der Waals surface area (Å²) < 4.78 is 16.3. The summed E-state index contributed by atoms with van der Waals surface area (Å²) >= 11 is 3.33. The van der Waals surface area contributed by atoms with Crippen LogP contribution in [-0.4, -0.2) is 14.8 Å². The molecule has 1 heterocycles. The van der Waals surface area contributed by atoms with Gasteiger partial charge in [0.05, 0.1) is 5.56 Å². The molecule has 3 nitrogen and oxygen atoms in total. The standard InChI is InChI=1S/C11H11BrFN3/c1-2-6-16-7-14-15-11(16)10-8(12)4-3-5-9(10)13/h3-5,7H,2,6H2,1H3. The van der Waals surface area contributed by atoms with Gasteiger partial charge in [0.1, 0.15) is 12.1 Å². The van der Waals surface area contributed by atoms with E-state index in [2.05, 4.69) is 33.1 Å². The normalized spacial score (nSPS) is 10.7. The molecular weight excluding hydrogens is 273 g/mol. The molecule has 0 radical (unpaired) electrons. The summed E-state index contributed by atoms with van der Waals surface area (Å²) in [5, 5.41) is 7.79. The Kier molecular flexibility index (Phi) is 3.33. The summed E-state index contributed by atoms with van der Waals surface area (Å²) in [6, 6.07) is 4.87. The molecule has 0 bridgehead atoms. The molecule has 84 valence electrons. The predicted molar refractivity (Wildman–Crippen MR) is 63.4 cm³/mol. The minimum Gasteiger partial charge on any atom is -0.314 e. The zero-order valence-corrected chi connectivity index (χ0v) is 10.4. The van der Waals surface area contributed by atoms with Crippen molar-refractivity contribution in [2.75, 3.05) is 0 Å². The summed E-state index contributed by atoms with van der Waals surface area (Å²) in [6.07, 6.45) is 2.58. The Labute approximate surface area is 101 Å². The molecule has 0 aliphatic carbocycles. The minimum absolute atomic E-state index is 0.292. The molecule has 0 saturated carbocycles. The van der Waals surface area contributed by atoms with E-state index in [9.17, 15) is 4.39 Å². The summed E-state index contributed by atoms with van der Waals surface area (Å²) in [5.41, 5.74) is 0.466. The van der Waals surface area contributed by atoms with Crippen molar-refractivity contribution in [3.63, 3.8) is 0 Å². The minimum atomic E-state index is -0.292. The molecule has 16 heavy (non-hydrogen) atoms. The highest BCUT2D eigenvalue weighted by Crippen LogP contribution is 2.29. The van der Waals surface area contributed by atoms with Crippen molar-refractivity contribution in [2.45, 2.75) is 19.9 Å². The fraction of sp³-hybridized carbons (Fsp3) is 0.273. The van der Waals surface area contributed by atoms with Gasteiger partial charge < -0.3 is 4.57 Å². The topological polar surface area (TPSA) is 30.7 Å². The van der Waals surface area contributed by atoms with Crippen LogP contribution in [0.2, 0.25) is 0 Å². The first kappa shape index (κ1) is 11.3. The van der Waals surface area contributed by atoms with Crippen molar-refractivity contribution in [2.24, 2.45) is 0 Å². The van der Waals surface area contributed by atoms with E-state index in [-0.39, 0.29) is 5.82 Å². The van der Waals surface area contributed by atoms with Gasteiger partial charge in [0.25, 0.3) is 0 Å². The van der Waals surface area contributed by atoms with Gasteiger partial charge in [0.2, 0.25) is 0 Å². The van der Waals surface area contributed by atoms with E-state index in [1.165, 1.54) is 6.07 Å². The van der Waals surface area contributed by atoms with Gasteiger partial charge in [-0.15, -0.1) is 10.2 Å². The number of nitrogens with zero attached hydrogens (tertiary/aromatic N) is 3. The first-order valence-corrected chi connectivity index (χ1v) is 5.85. The highest BCUT2D eigenvalue weighted by Gasteiger charge is 2.14. The number of rotatable bonds is 3. The van der Waals surface area contributed by atoms with E-state index in [0.29, 0.717) is 15.9 Å². The van der Waals surface area contributed by atoms with Gasteiger partial charge in [-0.3, -0.25) is 0 Å². The molecule has 0 amide bonds. The van der Waals surface area contributed by atoms with E-state index >= 15 is 0 Å². The number of hydrogen-bond donors (Lipinski definition) is 0. The van der Waals surface area contributed by atoms with Crippen LogP contribution in [0.5, 0.6) is 0 Å². The van der Waals surface area contributed by atoms with E-state index < -0.39 is 0 Å². The van der Waals surface area contributed by atoms with Crippen LogP contribution in [0.1, 0.15) is 13.3 Å². The Morgan fingerprint density at radius 1 is 1.44 bits per heavy atom. The first-order chi connectivity index (χ1) is 7.74. The smallest absolute Gasteiger partial charge is 0.167 e. The second kappa shape index (κ2) is 4.74. The molecule has 1 aromatic carbocycles. The van der Waals surface area contributed by atoms with Crippen LogP contribution in [0.15, 0.2) is 29.0 Å². The average molecular weight is 284 g/mol. The van der Waals surface area contributed by atoms with Gasteiger partial charge in [-0.25, -0.2) is 4.39 Å². The molecule has 0 N–H and O–H groups in total. The van der Waals surface area contributed by atoms with Crippen LogP contribution in [0.25, 0.3) is 11.4 Å². The maximum atomic E-state index is 13.7. The average Bonchev–Trinajstić information content (AvgIpc) is 2.67. The fourth-order valence-corrected chi connectivity index (χ4v) is 2.08. The first-order valence-electron chi connectivity index (χ1n) is 5.06. The molecule has 0 saturated heterocycles. The van der Waals surface area contributed by atoms with Crippen molar-refractivity contribution in [1.29, 1.82) is 0 Å². The molecule has 2 rings (SSSR count). The third-order valence-corrected chi connectivity index (χ3v) is 2.93. The molecule has 0 spiro atoms. The SMILES string of the molecule is CCCn1cnnc1-c1c(F)cccc1Br. The van der Waals surface area contributed by atoms with Gasteiger partial charge in [0.15, 0.2) is 5.82 Å². The highest BCUT2D eigenvalue weighted by atomic mass is 79.9. The quantitative estimate of drug-likeness (QED) is 0.866. The molecule has 0 aliphatic rings. The Bertz CT molecular complexity index is 475. The van der Waals surface area contributed by atoms with Crippen LogP contribution in [0, 0.1) is 5.82 Å². The Balaban J connectivity index is 2.54. The summed E-state index contributed by atoms with van der Waals surface area (Å²) in [4.78, 5) is 0. The van der Waals surface area contributed by atoms with Gasteiger partial charge in [-0.2, -0.15) is 0 Å². The Morgan fingerprint density at radius 2 is 2.25 bits per heavy atom. The lowest BCUT2D eigenvalue weighted by Crippen LogP contribution is -2.00. The van der Waals surface area contributed by atoms with Crippen molar-refractivity contribution in [3.05, 3.63) is 34.8 Å². The van der Waals surface area contributed by atoms with Crippen molar-refractivity contribution in [1.82, 2.24) is 14.8 Å². The lowest BCUT2D eigenvalue weighted by atomic mass is 10.2. The second-order valence-electron chi connectivity index (χ2n) is 3.44. The third-order valence-electron chi connectivity index (χ3n) is 2.27. The van der Waals surface area contributed by atoms with Crippen LogP contribution in [0.3, 0.4) is 0 Å². The molecular formula is C11H11BrFN3. The van der Waals surface area contributed by atoms with Crippen molar-refractivity contribution >= 4 is 15.9 Å². The number of aromatic nitrogens is 3. The van der Waals surface area contributed by atoms with Gasteiger partial charge >= 0.3 is 0 Å². The molecule has 1 aromatic heterocycles.